The molecular formula is C28H20N6O2. The van der Waals surface area contributed by atoms with E-state index in [1.807, 2.05) is 91.0 Å². The number of ether oxygens (including phenoxy) is 1. The number of rotatable bonds is 6. The summed E-state index contributed by atoms with van der Waals surface area (Å²) in [6.07, 6.45) is 3.42. The Hall–Kier alpha value is -5.11. The number of nitrogens with one attached hydrogen (secondary N) is 1. The van der Waals surface area contributed by atoms with Gasteiger partial charge in [-0.2, -0.15) is 9.61 Å². The number of hydrogen-bond acceptors (Lipinski definition) is 6. The summed E-state index contributed by atoms with van der Waals surface area (Å²) in [5.41, 5.74) is 3.87. The van der Waals surface area contributed by atoms with Crippen LogP contribution in [0.5, 0.6) is 5.75 Å². The molecule has 6 aromatic rings. The monoisotopic (exact) mass is 472 g/mol. The van der Waals surface area contributed by atoms with Crippen molar-refractivity contribution >= 4 is 28.0 Å². The number of fused-ring (bicyclic) bond motifs is 2. The van der Waals surface area contributed by atoms with E-state index in [2.05, 4.69) is 20.5 Å². The first kappa shape index (κ1) is 21.4. The Morgan fingerprint density at radius 1 is 0.806 bits per heavy atom. The summed E-state index contributed by atoms with van der Waals surface area (Å²) >= 11 is 0. The second-order valence-electron chi connectivity index (χ2n) is 8.17. The number of amides is 1. The fourth-order valence-electron chi connectivity index (χ4n) is 3.95. The first-order valence-corrected chi connectivity index (χ1v) is 11.4. The van der Waals surface area contributed by atoms with Crippen molar-refractivity contribution in [1.29, 1.82) is 0 Å². The van der Waals surface area contributed by atoms with E-state index in [1.165, 1.54) is 0 Å². The molecule has 0 aliphatic carbocycles. The van der Waals surface area contributed by atoms with E-state index in [9.17, 15) is 4.79 Å². The molecule has 3 heterocycles. The zero-order chi connectivity index (χ0) is 24.3. The minimum atomic E-state index is -0.234. The molecule has 8 heteroatoms. The smallest absolute Gasteiger partial charge is 0.262 e. The molecule has 0 saturated carbocycles. The second kappa shape index (κ2) is 9.27. The van der Waals surface area contributed by atoms with Gasteiger partial charge in [0.05, 0.1) is 5.69 Å². The number of anilines is 1. The van der Waals surface area contributed by atoms with Crippen molar-refractivity contribution in [2.24, 2.45) is 0 Å². The molecular weight excluding hydrogens is 452 g/mol. The Bertz CT molecular complexity index is 1680. The van der Waals surface area contributed by atoms with Crippen LogP contribution in [0.4, 0.5) is 5.69 Å². The van der Waals surface area contributed by atoms with E-state index < -0.39 is 0 Å². The fraction of sp³-hybridized carbons (Fsp3) is 0.0357. The quantitative estimate of drug-likeness (QED) is 0.366. The summed E-state index contributed by atoms with van der Waals surface area (Å²) in [4.78, 5) is 16.5. The molecule has 0 radical (unpaired) electrons. The van der Waals surface area contributed by atoms with Gasteiger partial charge in [0.25, 0.3) is 5.91 Å². The van der Waals surface area contributed by atoms with Gasteiger partial charge in [0.15, 0.2) is 18.1 Å². The summed E-state index contributed by atoms with van der Waals surface area (Å²) in [7, 11) is 0. The Morgan fingerprint density at radius 2 is 1.61 bits per heavy atom. The van der Waals surface area contributed by atoms with Crippen molar-refractivity contribution in [3.63, 3.8) is 0 Å². The Labute approximate surface area is 206 Å². The summed E-state index contributed by atoms with van der Waals surface area (Å²) in [5, 5.41) is 18.2. The number of nitrogens with zero attached hydrogens (tertiary/aromatic N) is 5. The Balaban J connectivity index is 1.14. The van der Waals surface area contributed by atoms with E-state index >= 15 is 0 Å². The van der Waals surface area contributed by atoms with Crippen LogP contribution >= 0.6 is 0 Å². The average molecular weight is 473 g/mol. The lowest BCUT2D eigenvalue weighted by Crippen LogP contribution is -2.20. The van der Waals surface area contributed by atoms with Gasteiger partial charge in [0.2, 0.25) is 0 Å². The predicted octanol–water partition coefficient (Wildman–Crippen LogP) is 5.02. The third-order valence-electron chi connectivity index (χ3n) is 5.76. The van der Waals surface area contributed by atoms with Gasteiger partial charge in [0.1, 0.15) is 5.75 Å². The summed E-state index contributed by atoms with van der Waals surface area (Å²) in [6, 6.07) is 28.8. The van der Waals surface area contributed by atoms with E-state index in [1.54, 1.807) is 16.9 Å². The maximum atomic E-state index is 12.4. The molecule has 36 heavy (non-hydrogen) atoms. The van der Waals surface area contributed by atoms with E-state index in [-0.39, 0.29) is 12.5 Å². The first-order chi connectivity index (χ1) is 17.7. The number of hydrogen-bond donors (Lipinski definition) is 1. The highest BCUT2D eigenvalue weighted by Crippen LogP contribution is 2.23. The zero-order valence-electron chi connectivity index (χ0n) is 19.1. The number of carbonyl (C=O) groups excluding carboxylic acids is 1. The second-order valence-corrected chi connectivity index (χ2v) is 8.17. The van der Waals surface area contributed by atoms with Crippen LogP contribution in [0.1, 0.15) is 0 Å². The highest BCUT2D eigenvalue weighted by molar-refractivity contribution is 5.92. The van der Waals surface area contributed by atoms with Crippen LogP contribution in [0.15, 0.2) is 103 Å². The van der Waals surface area contributed by atoms with Crippen LogP contribution in [0.25, 0.3) is 39.1 Å². The standard InChI is InChI=1S/C28H20N6O2/c35-27(18-36-24-10-7-19-3-1-2-4-22(19)17-24)30-23-8-5-20(6-9-23)25-11-12-26-31-32-28(34(26)33-25)21-13-15-29-16-14-21/h1-17H,18H2,(H,30,35). The number of aromatic nitrogens is 5. The van der Waals surface area contributed by atoms with Gasteiger partial charge >= 0.3 is 0 Å². The lowest BCUT2D eigenvalue weighted by atomic mass is 10.1. The molecule has 174 valence electrons. The van der Waals surface area contributed by atoms with E-state index in [0.717, 1.165) is 27.6 Å². The van der Waals surface area contributed by atoms with Crippen molar-refractivity contribution in [3.8, 4) is 28.4 Å². The normalized spacial score (nSPS) is 11.0. The third kappa shape index (κ3) is 4.35. The maximum Gasteiger partial charge on any atom is 0.262 e. The molecule has 1 amide bonds. The summed E-state index contributed by atoms with van der Waals surface area (Å²) in [6.45, 7) is -0.0796. The van der Waals surface area contributed by atoms with Gasteiger partial charge in [-0.1, -0.05) is 42.5 Å². The van der Waals surface area contributed by atoms with Gasteiger partial charge in [-0.05, 0) is 59.3 Å². The number of benzene rings is 3. The molecule has 0 atom stereocenters. The number of carbonyl (C=O) groups is 1. The fourth-order valence-corrected chi connectivity index (χ4v) is 3.95. The molecule has 3 aromatic carbocycles. The van der Waals surface area contributed by atoms with Crippen molar-refractivity contribution in [3.05, 3.63) is 103 Å². The first-order valence-electron chi connectivity index (χ1n) is 11.4. The van der Waals surface area contributed by atoms with Crippen LogP contribution < -0.4 is 10.1 Å². The lowest BCUT2D eigenvalue weighted by Gasteiger charge is -2.09. The van der Waals surface area contributed by atoms with Gasteiger partial charge in [-0.25, -0.2) is 0 Å². The van der Waals surface area contributed by atoms with Crippen LogP contribution in [0, 0.1) is 0 Å². The van der Waals surface area contributed by atoms with E-state index in [4.69, 9.17) is 9.84 Å². The van der Waals surface area contributed by atoms with Crippen LogP contribution in [0.2, 0.25) is 0 Å². The highest BCUT2D eigenvalue weighted by Gasteiger charge is 2.11. The van der Waals surface area contributed by atoms with Crippen LogP contribution in [-0.4, -0.2) is 37.3 Å². The van der Waals surface area contributed by atoms with Crippen molar-refractivity contribution < 1.29 is 9.53 Å². The van der Waals surface area contributed by atoms with Gasteiger partial charge < -0.3 is 10.1 Å². The maximum absolute atomic E-state index is 12.4. The lowest BCUT2D eigenvalue weighted by molar-refractivity contribution is -0.118. The predicted molar refractivity (Wildman–Crippen MR) is 138 cm³/mol. The minimum Gasteiger partial charge on any atom is -0.484 e. The van der Waals surface area contributed by atoms with Gasteiger partial charge in [-0.3, -0.25) is 9.78 Å². The third-order valence-corrected chi connectivity index (χ3v) is 5.76. The molecule has 1 N–H and O–H groups in total. The van der Waals surface area contributed by atoms with Gasteiger partial charge in [0, 0.05) is 29.2 Å². The molecule has 0 aliphatic rings. The number of pyridine rings is 1. The largest absolute Gasteiger partial charge is 0.484 e. The molecule has 0 fully saturated rings. The molecule has 6 rings (SSSR count). The van der Waals surface area contributed by atoms with Crippen LogP contribution in [0.3, 0.4) is 0 Å². The average Bonchev–Trinajstić information content (AvgIpc) is 3.36. The molecule has 0 saturated heterocycles. The molecule has 8 nitrogen and oxygen atoms in total. The topological polar surface area (TPSA) is 94.3 Å². The van der Waals surface area contributed by atoms with Crippen molar-refractivity contribution in [2.75, 3.05) is 11.9 Å². The molecule has 0 aliphatic heterocycles. The van der Waals surface area contributed by atoms with Crippen molar-refractivity contribution in [2.45, 2.75) is 0 Å². The highest BCUT2D eigenvalue weighted by atomic mass is 16.5. The molecule has 0 spiro atoms. The Morgan fingerprint density at radius 3 is 2.44 bits per heavy atom. The summed E-state index contributed by atoms with van der Waals surface area (Å²) in [5.74, 6) is 1.06. The van der Waals surface area contributed by atoms with Gasteiger partial charge in [-0.15, -0.1) is 10.2 Å². The van der Waals surface area contributed by atoms with E-state index in [0.29, 0.717) is 22.9 Å². The SMILES string of the molecule is O=C(COc1ccc2ccccc2c1)Nc1ccc(-c2ccc3nnc(-c4ccncc4)n3n2)cc1. The minimum absolute atomic E-state index is 0.0796. The molecule has 3 aromatic heterocycles. The van der Waals surface area contributed by atoms with Crippen molar-refractivity contribution in [1.82, 2.24) is 24.8 Å². The zero-order valence-corrected chi connectivity index (χ0v) is 19.1. The Kier molecular flexibility index (Phi) is 5.51. The molecule has 0 unspecified atom stereocenters. The summed E-state index contributed by atoms with van der Waals surface area (Å²) < 4.78 is 7.39. The van der Waals surface area contributed by atoms with Crippen LogP contribution in [-0.2, 0) is 4.79 Å². The molecule has 0 bridgehead atoms.